The molecule has 0 saturated heterocycles. The predicted octanol–water partition coefficient (Wildman–Crippen LogP) is 4.72. The van der Waals surface area contributed by atoms with Crippen LogP contribution in [0.5, 0.6) is 0 Å². The number of fused-ring (bicyclic) bond motifs is 3. The van der Waals surface area contributed by atoms with Gasteiger partial charge in [-0.3, -0.25) is 9.20 Å². The first-order valence-electron chi connectivity index (χ1n) is 10.4. The van der Waals surface area contributed by atoms with Crippen molar-refractivity contribution in [3.05, 3.63) is 82.6 Å². The maximum absolute atomic E-state index is 12.3. The second-order valence-electron chi connectivity index (χ2n) is 7.79. The highest BCUT2D eigenvalue weighted by molar-refractivity contribution is 7.99. The number of aryl methyl sites for hydroxylation is 2. The van der Waals surface area contributed by atoms with Gasteiger partial charge in [-0.1, -0.05) is 53.7 Å². The van der Waals surface area contributed by atoms with E-state index in [1.807, 2.05) is 47.1 Å². The number of halogens is 1. The van der Waals surface area contributed by atoms with Crippen LogP contribution in [0.15, 0.2) is 66.1 Å². The van der Waals surface area contributed by atoms with E-state index in [0.29, 0.717) is 22.4 Å². The lowest BCUT2D eigenvalue weighted by molar-refractivity contribution is -0.118. The topological polar surface area (TPSA) is 76.6 Å². The van der Waals surface area contributed by atoms with E-state index < -0.39 is 0 Å². The quantitative estimate of drug-likeness (QED) is 0.359. The van der Waals surface area contributed by atoms with E-state index in [4.69, 9.17) is 16.7 Å². The molecule has 5 aromatic rings. The summed E-state index contributed by atoms with van der Waals surface area (Å²) in [6, 6.07) is 15.8. The molecule has 7 nitrogen and oxygen atoms in total. The van der Waals surface area contributed by atoms with Crippen LogP contribution in [0, 0.1) is 13.8 Å². The molecule has 1 amide bonds. The van der Waals surface area contributed by atoms with Crippen LogP contribution in [0.25, 0.3) is 22.4 Å². The Bertz CT molecular complexity index is 1490. The number of aromatic nitrogens is 5. The number of carbonyl (C=O) groups excluding carboxylic acids is 1. The van der Waals surface area contributed by atoms with Gasteiger partial charge in [0, 0.05) is 29.5 Å². The summed E-state index contributed by atoms with van der Waals surface area (Å²) in [5.41, 5.74) is 6.84. The highest BCUT2D eigenvalue weighted by Gasteiger charge is 2.14. The van der Waals surface area contributed by atoms with E-state index in [1.54, 1.807) is 4.52 Å². The lowest BCUT2D eigenvalue weighted by atomic mass is 10.0. The van der Waals surface area contributed by atoms with Crippen LogP contribution >= 0.6 is 23.4 Å². The number of thioether (sulfide) groups is 1. The first-order chi connectivity index (χ1) is 16.0. The fourth-order valence-corrected chi connectivity index (χ4v) is 4.50. The first-order valence-corrected chi connectivity index (χ1v) is 11.8. The summed E-state index contributed by atoms with van der Waals surface area (Å²) in [6.07, 6.45) is 3.74. The fraction of sp³-hybridized carbons (Fsp3) is 0.167. The van der Waals surface area contributed by atoms with Gasteiger partial charge < -0.3 is 5.32 Å². The molecule has 5 rings (SSSR count). The summed E-state index contributed by atoms with van der Waals surface area (Å²) in [5, 5.41) is 17.5. The van der Waals surface area contributed by atoms with Gasteiger partial charge in [-0.05, 0) is 48.7 Å². The molecule has 0 aliphatic carbocycles. The normalized spacial score (nSPS) is 11.4. The van der Waals surface area contributed by atoms with Crippen LogP contribution in [0.2, 0.25) is 5.02 Å². The minimum Gasteiger partial charge on any atom is -0.351 e. The van der Waals surface area contributed by atoms with Crippen molar-refractivity contribution in [1.82, 2.24) is 29.5 Å². The fourth-order valence-electron chi connectivity index (χ4n) is 3.55. The van der Waals surface area contributed by atoms with E-state index in [1.165, 1.54) is 22.9 Å². The second kappa shape index (κ2) is 8.88. The Morgan fingerprint density at radius 1 is 1.06 bits per heavy atom. The van der Waals surface area contributed by atoms with E-state index in [-0.39, 0.29) is 11.7 Å². The van der Waals surface area contributed by atoms with Crippen molar-refractivity contribution >= 4 is 40.4 Å². The number of rotatable bonds is 6. The molecule has 0 aliphatic heterocycles. The zero-order valence-electron chi connectivity index (χ0n) is 18.1. The molecule has 0 saturated carbocycles. The molecule has 0 unspecified atom stereocenters. The van der Waals surface area contributed by atoms with Gasteiger partial charge in [-0.25, -0.2) is 4.52 Å². The summed E-state index contributed by atoms with van der Waals surface area (Å²) in [5.74, 6) is 0.128. The summed E-state index contributed by atoms with van der Waals surface area (Å²) < 4.78 is 3.69. The Hall–Kier alpha value is -3.36. The monoisotopic (exact) mass is 476 g/mol. The number of hydrogen-bond donors (Lipinski definition) is 1. The van der Waals surface area contributed by atoms with E-state index in [9.17, 15) is 4.79 Å². The Balaban J connectivity index is 1.33. The lowest BCUT2D eigenvalue weighted by Gasteiger charge is -2.06. The minimum absolute atomic E-state index is 0.0980. The van der Waals surface area contributed by atoms with E-state index >= 15 is 0 Å². The number of carbonyl (C=O) groups is 1. The van der Waals surface area contributed by atoms with Gasteiger partial charge in [0.15, 0.2) is 10.8 Å². The molecule has 0 fully saturated rings. The second-order valence-corrected chi connectivity index (χ2v) is 9.14. The average molecular weight is 477 g/mol. The number of hydrogen-bond acceptors (Lipinski definition) is 5. The predicted molar refractivity (Wildman–Crippen MR) is 131 cm³/mol. The van der Waals surface area contributed by atoms with Gasteiger partial charge in [0.05, 0.1) is 11.4 Å². The Labute approximate surface area is 199 Å². The summed E-state index contributed by atoms with van der Waals surface area (Å²) in [4.78, 5) is 12.3. The number of benzene rings is 2. The summed E-state index contributed by atoms with van der Waals surface area (Å²) >= 11 is 7.48. The highest BCUT2D eigenvalue weighted by Crippen LogP contribution is 2.25. The van der Waals surface area contributed by atoms with Gasteiger partial charge in [-0.15, -0.1) is 10.2 Å². The first kappa shape index (κ1) is 21.5. The number of nitrogens with zero attached hydrogens (tertiary/aromatic N) is 5. The average Bonchev–Trinajstić information content (AvgIpc) is 3.43. The standard InChI is InChI=1S/C24H21ClN6OS/c1-15-7-8-17(11-16(15)2)20-12-21-23-27-28-24(30(23)9-10-31(21)29-20)33-14-22(32)26-13-18-5-3-4-6-19(18)25/h3-12H,13-14H2,1-2H3,(H,26,32). The zero-order chi connectivity index (χ0) is 22.9. The third-order valence-corrected chi connectivity index (χ3v) is 6.87. The van der Waals surface area contributed by atoms with Crippen LogP contribution in [0.3, 0.4) is 0 Å². The molecule has 0 spiro atoms. The van der Waals surface area contributed by atoms with Crippen molar-refractivity contribution in [2.75, 3.05) is 5.75 Å². The largest absolute Gasteiger partial charge is 0.351 e. The van der Waals surface area contributed by atoms with Crippen LogP contribution < -0.4 is 5.32 Å². The van der Waals surface area contributed by atoms with Crippen molar-refractivity contribution in [3.8, 4) is 11.3 Å². The van der Waals surface area contributed by atoms with Crippen molar-refractivity contribution in [2.24, 2.45) is 0 Å². The summed E-state index contributed by atoms with van der Waals surface area (Å²) in [7, 11) is 0. The molecule has 3 heterocycles. The number of amides is 1. The van der Waals surface area contributed by atoms with Crippen molar-refractivity contribution < 1.29 is 4.79 Å². The van der Waals surface area contributed by atoms with Gasteiger partial charge in [0.1, 0.15) is 5.52 Å². The van der Waals surface area contributed by atoms with Crippen LogP contribution in [0.4, 0.5) is 0 Å². The lowest BCUT2D eigenvalue weighted by Crippen LogP contribution is -2.24. The zero-order valence-corrected chi connectivity index (χ0v) is 19.7. The number of nitrogens with one attached hydrogen (secondary N) is 1. The molecular formula is C24H21ClN6OS. The maximum Gasteiger partial charge on any atom is 0.230 e. The molecule has 0 aliphatic rings. The molecule has 2 aromatic carbocycles. The van der Waals surface area contributed by atoms with Gasteiger partial charge in [0.2, 0.25) is 5.91 Å². The molecule has 3 aromatic heterocycles. The van der Waals surface area contributed by atoms with Gasteiger partial charge in [-0.2, -0.15) is 5.10 Å². The van der Waals surface area contributed by atoms with Crippen molar-refractivity contribution in [1.29, 1.82) is 0 Å². The third-order valence-electron chi connectivity index (χ3n) is 5.56. The molecule has 0 atom stereocenters. The third kappa shape index (κ3) is 4.31. The van der Waals surface area contributed by atoms with Crippen LogP contribution in [0.1, 0.15) is 16.7 Å². The Morgan fingerprint density at radius 3 is 2.73 bits per heavy atom. The molecule has 33 heavy (non-hydrogen) atoms. The van der Waals surface area contributed by atoms with E-state index in [2.05, 4.69) is 47.6 Å². The van der Waals surface area contributed by atoms with E-state index in [0.717, 1.165) is 22.3 Å². The Morgan fingerprint density at radius 2 is 1.91 bits per heavy atom. The molecular weight excluding hydrogens is 456 g/mol. The molecule has 0 radical (unpaired) electrons. The molecule has 1 N–H and O–H groups in total. The Kier molecular flexibility index (Phi) is 5.78. The molecule has 9 heteroatoms. The smallest absolute Gasteiger partial charge is 0.230 e. The van der Waals surface area contributed by atoms with Crippen LogP contribution in [-0.4, -0.2) is 35.9 Å². The van der Waals surface area contributed by atoms with Crippen molar-refractivity contribution in [2.45, 2.75) is 25.5 Å². The minimum atomic E-state index is -0.0980. The molecule has 166 valence electrons. The van der Waals surface area contributed by atoms with Crippen molar-refractivity contribution in [3.63, 3.8) is 0 Å². The van der Waals surface area contributed by atoms with Gasteiger partial charge in [0.25, 0.3) is 0 Å². The molecule has 0 bridgehead atoms. The SMILES string of the molecule is Cc1ccc(-c2cc3c4nnc(SCC(=O)NCc5ccccc5Cl)n4ccn3n2)cc1C. The van der Waals surface area contributed by atoms with Gasteiger partial charge >= 0.3 is 0 Å². The highest BCUT2D eigenvalue weighted by atomic mass is 35.5. The maximum atomic E-state index is 12.3. The van der Waals surface area contributed by atoms with Crippen LogP contribution in [-0.2, 0) is 11.3 Å². The summed E-state index contributed by atoms with van der Waals surface area (Å²) in [6.45, 7) is 4.58.